The molecule has 1 heterocycles. The summed E-state index contributed by atoms with van der Waals surface area (Å²) in [6.45, 7) is 3.88. The van der Waals surface area contributed by atoms with Crippen molar-refractivity contribution >= 4 is 17.6 Å². The Balaban J connectivity index is 3.68. The van der Waals surface area contributed by atoms with Gasteiger partial charge in [-0.3, -0.25) is 4.79 Å². The van der Waals surface area contributed by atoms with Crippen LogP contribution in [0.3, 0.4) is 0 Å². The van der Waals surface area contributed by atoms with E-state index in [0.717, 1.165) is 10.5 Å². The van der Waals surface area contributed by atoms with Gasteiger partial charge in [0, 0.05) is 0 Å². The van der Waals surface area contributed by atoms with E-state index in [2.05, 4.69) is 4.98 Å². The van der Waals surface area contributed by atoms with E-state index in [1.54, 1.807) is 0 Å². The van der Waals surface area contributed by atoms with Gasteiger partial charge in [-0.1, -0.05) is 13.8 Å². The Morgan fingerprint density at radius 1 is 1.53 bits per heavy atom. The Morgan fingerprint density at radius 2 is 2.13 bits per heavy atom. The molecule has 0 saturated heterocycles. The van der Waals surface area contributed by atoms with Gasteiger partial charge in [0.2, 0.25) is 0 Å². The van der Waals surface area contributed by atoms with Gasteiger partial charge in [0.1, 0.15) is 17.5 Å². The minimum absolute atomic E-state index is 0.103. The third kappa shape index (κ3) is 2.00. The summed E-state index contributed by atoms with van der Waals surface area (Å²) < 4.78 is 0. The highest BCUT2D eigenvalue weighted by molar-refractivity contribution is 7.98. The third-order valence-corrected chi connectivity index (χ3v) is 2.98. The first-order chi connectivity index (χ1) is 7.02. The first-order valence-corrected chi connectivity index (χ1v) is 5.75. The molecule has 0 bridgehead atoms. The molecule has 0 fully saturated rings. The first-order valence-electron chi connectivity index (χ1n) is 4.52. The summed E-state index contributed by atoms with van der Waals surface area (Å²) in [5.74, 6) is 0.446. The number of nitriles is 1. The lowest BCUT2D eigenvalue weighted by atomic mass is 9.99. The zero-order chi connectivity index (χ0) is 11.6. The van der Waals surface area contributed by atoms with E-state index in [1.165, 1.54) is 11.8 Å². The maximum Gasteiger partial charge on any atom is 0.267 e. The number of hydrogen-bond donors (Lipinski definition) is 2. The monoisotopic (exact) mass is 223 g/mol. The Labute approximate surface area is 92.5 Å². The molecule has 0 aliphatic carbocycles. The van der Waals surface area contributed by atoms with E-state index in [9.17, 15) is 4.79 Å². The van der Waals surface area contributed by atoms with Crippen molar-refractivity contribution in [2.45, 2.75) is 24.7 Å². The van der Waals surface area contributed by atoms with Gasteiger partial charge in [0.25, 0.3) is 5.56 Å². The molecular weight excluding hydrogens is 210 g/mol. The number of nitrogens with zero attached hydrogens (tertiary/aromatic N) is 1. The molecule has 0 aliphatic heterocycles. The summed E-state index contributed by atoms with van der Waals surface area (Å²) >= 11 is 1.44. The molecule has 80 valence electrons. The number of hydrogen-bond acceptors (Lipinski definition) is 4. The number of nitrogens with two attached hydrogens (primary N) is 1. The van der Waals surface area contributed by atoms with Crippen molar-refractivity contribution in [2.24, 2.45) is 0 Å². The summed E-state index contributed by atoms with van der Waals surface area (Å²) in [6.07, 6.45) is 1.87. The lowest BCUT2D eigenvalue weighted by Gasteiger charge is -2.14. The third-order valence-electron chi connectivity index (χ3n) is 2.13. The predicted octanol–water partition coefficient (Wildman–Crippen LogP) is 1.67. The van der Waals surface area contributed by atoms with Gasteiger partial charge in [0.15, 0.2) is 0 Å². The van der Waals surface area contributed by atoms with Crippen molar-refractivity contribution in [1.29, 1.82) is 5.26 Å². The van der Waals surface area contributed by atoms with E-state index in [4.69, 9.17) is 11.0 Å². The maximum atomic E-state index is 11.5. The number of pyridine rings is 1. The second-order valence-electron chi connectivity index (χ2n) is 3.46. The van der Waals surface area contributed by atoms with E-state index in [0.29, 0.717) is 5.82 Å². The lowest BCUT2D eigenvalue weighted by Crippen LogP contribution is -2.17. The number of thioether (sulfide) groups is 1. The second-order valence-corrected chi connectivity index (χ2v) is 4.27. The molecule has 0 saturated carbocycles. The molecule has 5 heteroatoms. The predicted molar refractivity (Wildman–Crippen MR) is 62.1 cm³/mol. The quantitative estimate of drug-likeness (QED) is 0.747. The van der Waals surface area contributed by atoms with Crippen LogP contribution in [0.15, 0.2) is 9.69 Å². The number of anilines is 1. The van der Waals surface area contributed by atoms with Crippen LogP contribution in [-0.4, -0.2) is 11.2 Å². The van der Waals surface area contributed by atoms with Gasteiger partial charge in [-0.25, -0.2) is 0 Å². The molecule has 0 aromatic carbocycles. The number of aromatic nitrogens is 1. The number of H-pyrrole nitrogens is 1. The van der Waals surface area contributed by atoms with Crippen LogP contribution in [0.4, 0.5) is 5.82 Å². The highest BCUT2D eigenvalue weighted by Crippen LogP contribution is 2.31. The van der Waals surface area contributed by atoms with Gasteiger partial charge >= 0.3 is 0 Å². The van der Waals surface area contributed by atoms with Crippen molar-refractivity contribution in [3.05, 3.63) is 21.5 Å². The largest absolute Gasteiger partial charge is 0.384 e. The van der Waals surface area contributed by atoms with Crippen LogP contribution in [-0.2, 0) is 0 Å². The molecule has 0 spiro atoms. The molecule has 4 nitrogen and oxygen atoms in total. The van der Waals surface area contributed by atoms with E-state index >= 15 is 0 Å². The molecule has 0 amide bonds. The van der Waals surface area contributed by atoms with Gasteiger partial charge in [-0.05, 0) is 17.7 Å². The fourth-order valence-corrected chi connectivity index (χ4v) is 2.33. The number of nitrogen functional groups attached to an aromatic ring is 1. The average molecular weight is 223 g/mol. The van der Waals surface area contributed by atoms with Crippen molar-refractivity contribution in [3.8, 4) is 6.07 Å². The molecule has 1 rings (SSSR count). The lowest BCUT2D eigenvalue weighted by molar-refractivity contribution is 0.829. The Kier molecular flexibility index (Phi) is 3.43. The van der Waals surface area contributed by atoms with Crippen molar-refractivity contribution in [2.75, 3.05) is 12.0 Å². The topological polar surface area (TPSA) is 82.7 Å². The normalized spacial score (nSPS) is 10.3. The summed E-state index contributed by atoms with van der Waals surface area (Å²) in [5, 5.41) is 8.94. The highest BCUT2D eigenvalue weighted by atomic mass is 32.2. The Morgan fingerprint density at radius 3 is 2.53 bits per heavy atom. The molecule has 0 unspecified atom stereocenters. The van der Waals surface area contributed by atoms with E-state index in [-0.39, 0.29) is 11.5 Å². The molecule has 15 heavy (non-hydrogen) atoms. The molecule has 1 aromatic rings. The van der Waals surface area contributed by atoms with Crippen molar-refractivity contribution in [3.63, 3.8) is 0 Å². The summed E-state index contributed by atoms with van der Waals surface area (Å²) in [7, 11) is 0. The zero-order valence-electron chi connectivity index (χ0n) is 8.92. The van der Waals surface area contributed by atoms with Crippen molar-refractivity contribution in [1.82, 2.24) is 4.98 Å². The summed E-state index contributed by atoms with van der Waals surface area (Å²) in [6, 6.07) is 1.93. The first kappa shape index (κ1) is 11.7. The molecule has 0 aliphatic rings. The SMILES string of the molecule is CSc1c(N)[nH]c(=O)c(C#N)c1C(C)C. The van der Waals surface area contributed by atoms with Gasteiger partial charge in [-0.15, -0.1) is 11.8 Å². The minimum Gasteiger partial charge on any atom is -0.384 e. The molecule has 3 N–H and O–H groups in total. The number of rotatable bonds is 2. The molecule has 0 atom stereocenters. The Bertz CT molecular complexity index is 471. The van der Waals surface area contributed by atoms with Gasteiger partial charge in [-0.2, -0.15) is 5.26 Å². The van der Waals surface area contributed by atoms with Crippen molar-refractivity contribution < 1.29 is 0 Å². The standard InChI is InChI=1S/C10H13N3OS/c1-5(2)7-6(4-11)10(14)13-9(12)8(7)15-3/h5H,1-3H3,(H3,12,13,14). The van der Waals surface area contributed by atoms with Gasteiger partial charge in [0.05, 0.1) is 4.90 Å². The van der Waals surface area contributed by atoms with E-state index < -0.39 is 5.56 Å². The van der Waals surface area contributed by atoms with Crippen LogP contribution < -0.4 is 11.3 Å². The fraction of sp³-hybridized carbons (Fsp3) is 0.400. The highest BCUT2D eigenvalue weighted by Gasteiger charge is 2.17. The molecular formula is C10H13N3OS. The minimum atomic E-state index is -0.406. The number of nitrogens with one attached hydrogen (secondary N) is 1. The Hall–Kier alpha value is -1.41. The second kappa shape index (κ2) is 4.41. The van der Waals surface area contributed by atoms with Crippen LogP contribution in [0.1, 0.15) is 30.9 Å². The smallest absolute Gasteiger partial charge is 0.267 e. The van der Waals surface area contributed by atoms with Gasteiger partial charge < -0.3 is 10.7 Å². The van der Waals surface area contributed by atoms with Crippen LogP contribution in [0.2, 0.25) is 0 Å². The summed E-state index contributed by atoms with van der Waals surface area (Å²) in [4.78, 5) is 14.8. The zero-order valence-corrected chi connectivity index (χ0v) is 9.73. The molecule has 0 radical (unpaired) electrons. The van der Waals surface area contributed by atoms with Crippen LogP contribution >= 0.6 is 11.8 Å². The fourth-order valence-electron chi connectivity index (χ4n) is 1.50. The maximum absolute atomic E-state index is 11.5. The van der Waals surface area contributed by atoms with Crippen LogP contribution in [0, 0.1) is 11.3 Å². The summed E-state index contributed by atoms with van der Waals surface area (Å²) in [5.41, 5.74) is 6.21. The average Bonchev–Trinajstić information content (AvgIpc) is 2.16. The van der Waals surface area contributed by atoms with E-state index in [1.807, 2.05) is 26.2 Å². The van der Waals surface area contributed by atoms with Crippen LogP contribution in [0.25, 0.3) is 0 Å². The number of aromatic amines is 1. The molecule has 1 aromatic heterocycles. The van der Waals surface area contributed by atoms with Crippen LogP contribution in [0.5, 0.6) is 0 Å².